The average Bonchev–Trinajstić information content (AvgIpc) is 2.71. The molecule has 0 radical (unpaired) electrons. The van der Waals surface area contributed by atoms with E-state index in [0.29, 0.717) is 0 Å². The molecule has 0 aliphatic heterocycles. The van der Waals surface area contributed by atoms with Gasteiger partial charge in [-0.25, -0.2) is 13.4 Å². The first kappa shape index (κ1) is 23.1. The minimum atomic E-state index is -4.69. The molecule has 0 atom stereocenters. The molecule has 0 fully saturated rings. The summed E-state index contributed by atoms with van der Waals surface area (Å²) < 4.78 is 63.1. The fraction of sp³-hybridized carbons (Fsp3) is 0.0952. The monoisotopic (exact) mass is 476 g/mol. The number of pyridine rings is 1. The Labute approximate surface area is 186 Å². The zero-order chi connectivity index (χ0) is 23.8. The lowest BCUT2D eigenvalue weighted by atomic mass is 9.92. The summed E-state index contributed by atoms with van der Waals surface area (Å²) >= 11 is 5.82. The summed E-state index contributed by atoms with van der Waals surface area (Å²) in [5.41, 5.74) is 4.63. The van der Waals surface area contributed by atoms with E-state index in [4.69, 9.17) is 17.3 Å². The molecule has 1 aromatic heterocycles. The number of anilines is 1. The summed E-state index contributed by atoms with van der Waals surface area (Å²) in [4.78, 5) is 4.06. The van der Waals surface area contributed by atoms with Gasteiger partial charge in [0.25, 0.3) is 0 Å². The molecule has 0 unspecified atom stereocenters. The number of halogens is 4. The van der Waals surface area contributed by atoms with Crippen LogP contribution in [0, 0.1) is 22.7 Å². The lowest BCUT2D eigenvalue weighted by Gasteiger charge is -2.15. The summed E-state index contributed by atoms with van der Waals surface area (Å²) in [5, 5.41) is 18.8. The molecule has 6 nitrogen and oxygen atoms in total. The van der Waals surface area contributed by atoms with Gasteiger partial charge in [-0.3, -0.25) is 0 Å². The molecule has 2 N–H and O–H groups in total. The number of nitrogen functional groups attached to an aromatic ring is 1. The van der Waals surface area contributed by atoms with Crippen LogP contribution in [0.15, 0.2) is 47.4 Å². The predicted octanol–water partition coefficient (Wildman–Crippen LogP) is 4.82. The minimum absolute atomic E-state index is 0.0273. The highest BCUT2D eigenvalue weighted by atomic mass is 35.5. The summed E-state index contributed by atoms with van der Waals surface area (Å²) in [5.74, 6) is -0.280. The van der Waals surface area contributed by atoms with E-state index in [9.17, 15) is 32.1 Å². The molecule has 0 saturated heterocycles. The van der Waals surface area contributed by atoms with Crippen LogP contribution in [0.3, 0.4) is 0 Å². The Hall–Kier alpha value is -3.60. The summed E-state index contributed by atoms with van der Waals surface area (Å²) in [7, 11) is -3.58. The largest absolute Gasteiger partial charge is 0.417 e. The van der Waals surface area contributed by atoms with Crippen molar-refractivity contribution in [1.29, 1.82) is 10.5 Å². The number of nitrogens with zero attached hydrogens (tertiary/aromatic N) is 3. The van der Waals surface area contributed by atoms with Crippen molar-refractivity contribution in [2.75, 3.05) is 12.0 Å². The highest BCUT2D eigenvalue weighted by molar-refractivity contribution is 7.90. The highest BCUT2D eigenvalue weighted by Crippen LogP contribution is 2.40. The Morgan fingerprint density at radius 1 is 1.03 bits per heavy atom. The van der Waals surface area contributed by atoms with E-state index in [0.717, 1.165) is 24.5 Å². The Bertz CT molecular complexity index is 1440. The third-order valence-corrected chi connectivity index (χ3v) is 5.97. The van der Waals surface area contributed by atoms with Gasteiger partial charge in [0.2, 0.25) is 0 Å². The van der Waals surface area contributed by atoms with E-state index in [1.807, 2.05) is 12.1 Å². The molecule has 162 valence electrons. The van der Waals surface area contributed by atoms with Crippen molar-refractivity contribution in [3.05, 3.63) is 64.2 Å². The van der Waals surface area contributed by atoms with Crippen LogP contribution in [0.5, 0.6) is 0 Å². The normalized spacial score (nSPS) is 11.6. The van der Waals surface area contributed by atoms with Crippen LogP contribution in [0.1, 0.15) is 16.7 Å². The standard InChI is InChI=1S/C21H12ClF3N4O2S/c1-32(30,31)13-4-2-3-12(7-13)19-14(9-26)18(15(10-27)20(28)29-19)11-5-6-16(17(22)8-11)21(23,24)25/h2-8H,1H3,(H2,28,29). The van der Waals surface area contributed by atoms with Gasteiger partial charge in [-0.1, -0.05) is 29.8 Å². The molecule has 1 heterocycles. The van der Waals surface area contributed by atoms with Crippen LogP contribution in [-0.4, -0.2) is 19.7 Å². The van der Waals surface area contributed by atoms with Crippen molar-refractivity contribution in [3.63, 3.8) is 0 Å². The summed E-state index contributed by atoms with van der Waals surface area (Å²) in [6.45, 7) is 0. The van der Waals surface area contributed by atoms with E-state index < -0.39 is 26.6 Å². The topological polar surface area (TPSA) is 121 Å². The third-order valence-electron chi connectivity index (χ3n) is 4.55. The quantitative estimate of drug-likeness (QED) is 0.578. The molecule has 3 rings (SSSR count). The number of nitriles is 2. The van der Waals surface area contributed by atoms with Crippen molar-refractivity contribution in [3.8, 4) is 34.5 Å². The lowest BCUT2D eigenvalue weighted by Crippen LogP contribution is -2.07. The molecule has 2 aromatic carbocycles. The zero-order valence-electron chi connectivity index (χ0n) is 16.2. The second kappa shape index (κ2) is 8.15. The van der Waals surface area contributed by atoms with E-state index in [1.54, 1.807) is 0 Å². The molecular weight excluding hydrogens is 465 g/mol. The van der Waals surface area contributed by atoms with Crippen LogP contribution >= 0.6 is 11.6 Å². The number of hydrogen-bond acceptors (Lipinski definition) is 6. The van der Waals surface area contributed by atoms with Gasteiger partial charge in [-0.05, 0) is 29.8 Å². The van der Waals surface area contributed by atoms with Crippen molar-refractivity contribution >= 4 is 27.3 Å². The highest BCUT2D eigenvalue weighted by Gasteiger charge is 2.33. The zero-order valence-corrected chi connectivity index (χ0v) is 17.8. The van der Waals surface area contributed by atoms with E-state index in [2.05, 4.69) is 4.98 Å². The molecule has 0 aliphatic rings. The van der Waals surface area contributed by atoms with Gasteiger partial charge in [0.15, 0.2) is 9.84 Å². The number of rotatable bonds is 3. The van der Waals surface area contributed by atoms with Gasteiger partial charge in [-0.2, -0.15) is 23.7 Å². The Kier molecular flexibility index (Phi) is 5.88. The average molecular weight is 477 g/mol. The maximum atomic E-state index is 13.1. The van der Waals surface area contributed by atoms with Gasteiger partial charge in [-0.15, -0.1) is 0 Å². The number of benzene rings is 2. The van der Waals surface area contributed by atoms with E-state index >= 15 is 0 Å². The van der Waals surface area contributed by atoms with E-state index in [1.165, 1.54) is 24.3 Å². The van der Waals surface area contributed by atoms with Crippen LogP contribution in [0.2, 0.25) is 5.02 Å². The van der Waals surface area contributed by atoms with Gasteiger partial charge in [0, 0.05) is 17.4 Å². The van der Waals surface area contributed by atoms with Crippen LogP contribution < -0.4 is 5.73 Å². The number of nitrogens with two attached hydrogens (primary N) is 1. The second-order valence-electron chi connectivity index (χ2n) is 6.69. The Morgan fingerprint density at radius 2 is 1.69 bits per heavy atom. The summed E-state index contributed by atoms with van der Waals surface area (Å²) in [6.07, 6.45) is -3.69. The first-order chi connectivity index (χ1) is 14.9. The van der Waals surface area contributed by atoms with Crippen molar-refractivity contribution in [1.82, 2.24) is 4.98 Å². The lowest BCUT2D eigenvalue weighted by molar-refractivity contribution is -0.137. The molecule has 32 heavy (non-hydrogen) atoms. The molecule has 0 saturated carbocycles. The molecule has 0 spiro atoms. The number of hydrogen-bond donors (Lipinski definition) is 1. The number of aromatic nitrogens is 1. The molecule has 0 bridgehead atoms. The molecule has 0 aliphatic carbocycles. The van der Waals surface area contributed by atoms with Crippen LogP contribution in [-0.2, 0) is 16.0 Å². The maximum absolute atomic E-state index is 13.1. The first-order valence-corrected chi connectivity index (χ1v) is 11.0. The van der Waals surface area contributed by atoms with Gasteiger partial charge >= 0.3 is 6.18 Å². The molecule has 11 heteroatoms. The molecular formula is C21H12ClF3N4O2S. The second-order valence-corrected chi connectivity index (χ2v) is 9.11. The van der Waals surface area contributed by atoms with Gasteiger partial charge < -0.3 is 5.73 Å². The van der Waals surface area contributed by atoms with E-state index in [-0.39, 0.29) is 44.2 Å². The maximum Gasteiger partial charge on any atom is 0.417 e. The SMILES string of the molecule is CS(=O)(=O)c1cccc(-c2nc(N)c(C#N)c(-c3ccc(C(F)(F)F)c(Cl)c3)c2C#N)c1. The molecule has 3 aromatic rings. The third kappa shape index (κ3) is 4.24. The van der Waals surface area contributed by atoms with Crippen LogP contribution in [0.4, 0.5) is 19.0 Å². The van der Waals surface area contributed by atoms with Gasteiger partial charge in [0.1, 0.15) is 23.5 Å². The fourth-order valence-corrected chi connectivity index (χ4v) is 4.05. The fourth-order valence-electron chi connectivity index (χ4n) is 3.10. The predicted molar refractivity (Wildman–Crippen MR) is 112 cm³/mol. The van der Waals surface area contributed by atoms with Crippen molar-refractivity contribution in [2.45, 2.75) is 11.1 Å². The number of sulfone groups is 1. The Morgan fingerprint density at radius 3 is 2.22 bits per heavy atom. The van der Waals surface area contributed by atoms with Crippen LogP contribution in [0.25, 0.3) is 22.4 Å². The minimum Gasteiger partial charge on any atom is -0.383 e. The first-order valence-electron chi connectivity index (χ1n) is 8.69. The smallest absolute Gasteiger partial charge is 0.383 e. The molecule has 0 amide bonds. The Balaban J connectivity index is 2.37. The number of alkyl halides is 3. The van der Waals surface area contributed by atoms with Crippen molar-refractivity contribution in [2.24, 2.45) is 0 Å². The van der Waals surface area contributed by atoms with Crippen molar-refractivity contribution < 1.29 is 21.6 Å². The van der Waals surface area contributed by atoms with Gasteiger partial charge in [0.05, 0.1) is 26.7 Å². The summed E-state index contributed by atoms with van der Waals surface area (Å²) in [6, 6.07) is 12.1.